The van der Waals surface area contributed by atoms with Crippen molar-refractivity contribution in [1.82, 2.24) is 0 Å². The van der Waals surface area contributed by atoms with Crippen molar-refractivity contribution in [3.05, 3.63) is 35.2 Å². The van der Waals surface area contributed by atoms with Gasteiger partial charge in [0.05, 0.1) is 14.6 Å². The van der Waals surface area contributed by atoms with Crippen LogP contribution in [-0.4, -0.2) is 4.21 Å². The molecule has 2 nitrogen and oxygen atoms in total. The van der Waals surface area contributed by atoms with Gasteiger partial charge in [-0.3, -0.25) is 0 Å². The van der Waals surface area contributed by atoms with Crippen LogP contribution in [0.15, 0.2) is 28.5 Å². The predicted molar refractivity (Wildman–Crippen MR) is 43.4 cm³/mol. The van der Waals surface area contributed by atoms with E-state index in [1.165, 1.54) is 5.41 Å². The molecule has 1 aliphatic heterocycles. The quantitative estimate of drug-likeness (QED) is 0.624. The molecule has 0 saturated carbocycles. The van der Waals surface area contributed by atoms with Crippen molar-refractivity contribution in [1.29, 1.82) is 4.78 Å². The van der Waals surface area contributed by atoms with Crippen LogP contribution in [0.2, 0.25) is 0 Å². The zero-order valence-electron chi connectivity index (χ0n) is 5.70. The summed E-state index contributed by atoms with van der Waals surface area (Å²) in [5, 5.41) is 1.44. The second-order valence-electron chi connectivity index (χ2n) is 2.37. The van der Waals surface area contributed by atoms with Crippen LogP contribution >= 0.6 is 0 Å². The summed E-state index contributed by atoms with van der Waals surface area (Å²) in [6, 6.07) is 7.99. The molecule has 0 bridgehead atoms. The third-order valence-corrected chi connectivity index (χ3v) is 3.15. The minimum Gasteiger partial charge on any atom is -0.245 e. The van der Waals surface area contributed by atoms with Crippen LogP contribution < -0.4 is 0 Å². The molecule has 1 unspecified atom stereocenters. The lowest BCUT2D eigenvalue weighted by molar-refractivity contribution is 0.681. The van der Waals surface area contributed by atoms with Crippen molar-refractivity contribution in [2.24, 2.45) is 0 Å². The van der Waals surface area contributed by atoms with Crippen LogP contribution in [-0.2, 0) is 9.73 Å². The maximum absolute atomic E-state index is 11.4. The normalized spacial score (nSPS) is 26.9. The van der Waals surface area contributed by atoms with E-state index in [9.17, 15) is 4.21 Å². The molecule has 0 spiro atoms. The van der Waals surface area contributed by atoms with Crippen molar-refractivity contribution >= 4 is 15.8 Å². The van der Waals surface area contributed by atoms with Crippen LogP contribution in [0.4, 0.5) is 0 Å². The van der Waals surface area contributed by atoms with Crippen molar-refractivity contribution in [2.45, 2.75) is 4.90 Å². The van der Waals surface area contributed by atoms with Crippen molar-refractivity contribution in [3.63, 3.8) is 0 Å². The number of nitrogens with one attached hydrogen (secondary N) is 1. The van der Waals surface area contributed by atoms with Gasteiger partial charge in [-0.25, -0.2) is 8.99 Å². The Morgan fingerprint density at radius 3 is 3.09 bits per heavy atom. The Kier molecular flexibility index (Phi) is 1.17. The van der Waals surface area contributed by atoms with E-state index in [2.05, 4.69) is 6.07 Å². The second kappa shape index (κ2) is 1.95. The molecule has 1 atom stereocenters. The first-order valence-corrected chi connectivity index (χ1v) is 4.79. The molecule has 1 radical (unpaired) electrons. The van der Waals surface area contributed by atoms with E-state index in [1.54, 1.807) is 18.2 Å². The molecule has 1 aromatic rings. The van der Waals surface area contributed by atoms with Gasteiger partial charge in [-0.1, -0.05) is 12.1 Å². The van der Waals surface area contributed by atoms with Crippen LogP contribution in [0, 0.1) is 10.8 Å². The average molecular weight is 164 g/mol. The highest BCUT2D eigenvalue weighted by Gasteiger charge is 2.15. The first kappa shape index (κ1) is 6.61. The molecule has 1 aromatic carbocycles. The van der Waals surface area contributed by atoms with Crippen molar-refractivity contribution in [3.8, 4) is 0 Å². The molecule has 11 heavy (non-hydrogen) atoms. The van der Waals surface area contributed by atoms with Gasteiger partial charge in [-0.15, -0.1) is 0 Å². The third-order valence-electron chi connectivity index (χ3n) is 1.62. The molecule has 0 saturated heterocycles. The summed E-state index contributed by atoms with van der Waals surface area (Å²) in [7, 11) is -2.62. The van der Waals surface area contributed by atoms with Crippen molar-refractivity contribution in [2.75, 3.05) is 0 Å². The first-order valence-electron chi connectivity index (χ1n) is 3.17. The minimum absolute atomic E-state index is 0.583. The standard InChI is InChI=1S/C8H6NOS/c9-11(10)6-5-7-3-1-2-4-8(7)11/h1,3-6,9H. The van der Waals surface area contributed by atoms with E-state index in [1.807, 2.05) is 6.07 Å². The molecule has 3 heteroatoms. The van der Waals surface area contributed by atoms with Crippen molar-refractivity contribution < 1.29 is 4.21 Å². The number of benzene rings is 1. The summed E-state index contributed by atoms with van der Waals surface area (Å²) in [5.41, 5.74) is 0.878. The zero-order chi connectivity index (χ0) is 7.90. The topological polar surface area (TPSA) is 40.9 Å². The van der Waals surface area contributed by atoms with Gasteiger partial charge in [0, 0.05) is 5.41 Å². The third kappa shape index (κ3) is 0.886. The Balaban J connectivity index is 2.84. The largest absolute Gasteiger partial charge is 0.245 e. The lowest BCUT2D eigenvalue weighted by Gasteiger charge is -1.96. The summed E-state index contributed by atoms with van der Waals surface area (Å²) in [6.45, 7) is 0. The molecule has 1 aliphatic rings. The Hall–Kier alpha value is -1.09. The summed E-state index contributed by atoms with van der Waals surface area (Å²) in [5.74, 6) is 0. The molecule has 55 valence electrons. The maximum Gasteiger partial charge on any atom is 0.0949 e. The highest BCUT2D eigenvalue weighted by atomic mass is 32.2. The SMILES string of the molecule is N=S1(=O)C=Cc2cc[c]cc21. The lowest BCUT2D eigenvalue weighted by atomic mass is 10.2. The summed E-state index contributed by atoms with van der Waals surface area (Å²) < 4.78 is 18.8. The average Bonchev–Trinajstić information content (AvgIpc) is 2.29. The number of fused-ring (bicyclic) bond motifs is 1. The second-order valence-corrected chi connectivity index (χ2v) is 4.28. The summed E-state index contributed by atoms with van der Waals surface area (Å²) in [4.78, 5) is 0.583. The molecule has 1 N–H and O–H groups in total. The van der Waals surface area contributed by atoms with E-state index >= 15 is 0 Å². The molecule has 0 aliphatic carbocycles. The van der Waals surface area contributed by atoms with Gasteiger partial charge < -0.3 is 0 Å². The minimum atomic E-state index is -2.62. The highest BCUT2D eigenvalue weighted by Crippen LogP contribution is 2.25. The van der Waals surface area contributed by atoms with Crippen LogP contribution in [0.1, 0.15) is 5.56 Å². The van der Waals surface area contributed by atoms with Gasteiger partial charge in [0.15, 0.2) is 0 Å². The van der Waals surface area contributed by atoms with Crippen LogP contribution in [0.25, 0.3) is 6.08 Å². The van der Waals surface area contributed by atoms with E-state index in [-0.39, 0.29) is 0 Å². The fourth-order valence-corrected chi connectivity index (χ4v) is 2.28. The van der Waals surface area contributed by atoms with Crippen LogP contribution in [0.3, 0.4) is 0 Å². The Morgan fingerprint density at radius 1 is 1.55 bits per heavy atom. The number of hydrogen-bond donors (Lipinski definition) is 1. The monoisotopic (exact) mass is 164 g/mol. The van der Waals surface area contributed by atoms with E-state index in [0.717, 1.165) is 5.56 Å². The van der Waals surface area contributed by atoms with Crippen LogP contribution in [0.5, 0.6) is 0 Å². The highest BCUT2D eigenvalue weighted by molar-refractivity contribution is 7.95. The predicted octanol–water partition coefficient (Wildman–Crippen LogP) is 1.88. The number of hydrogen-bond acceptors (Lipinski definition) is 2. The van der Waals surface area contributed by atoms with E-state index < -0.39 is 9.73 Å². The molecular formula is C8H6NOS. The van der Waals surface area contributed by atoms with E-state index in [4.69, 9.17) is 4.78 Å². The van der Waals surface area contributed by atoms with E-state index in [0.29, 0.717) is 4.90 Å². The summed E-state index contributed by atoms with van der Waals surface area (Å²) >= 11 is 0. The summed E-state index contributed by atoms with van der Waals surface area (Å²) in [6.07, 6.45) is 1.72. The maximum atomic E-state index is 11.4. The van der Waals surface area contributed by atoms with Gasteiger partial charge in [-0.05, 0) is 23.8 Å². The zero-order valence-corrected chi connectivity index (χ0v) is 6.52. The molecule has 0 aromatic heterocycles. The first-order chi connectivity index (χ1) is 5.20. The molecule has 0 amide bonds. The smallest absolute Gasteiger partial charge is 0.0949 e. The Bertz CT molecular complexity index is 417. The van der Waals surface area contributed by atoms with Gasteiger partial charge in [0.1, 0.15) is 0 Å². The molecular weight excluding hydrogens is 158 g/mol. The van der Waals surface area contributed by atoms with Gasteiger partial charge in [0.2, 0.25) is 0 Å². The molecule has 0 fully saturated rings. The Labute approximate surface area is 65.5 Å². The molecule has 1 heterocycles. The fourth-order valence-electron chi connectivity index (χ4n) is 1.07. The Morgan fingerprint density at radius 2 is 2.36 bits per heavy atom. The molecule has 2 rings (SSSR count). The van der Waals surface area contributed by atoms with Gasteiger partial charge >= 0.3 is 0 Å². The van der Waals surface area contributed by atoms with Gasteiger partial charge in [-0.2, -0.15) is 0 Å². The lowest BCUT2D eigenvalue weighted by Crippen LogP contribution is -1.89. The van der Waals surface area contributed by atoms with Gasteiger partial charge in [0.25, 0.3) is 0 Å². The number of rotatable bonds is 0. The fraction of sp³-hybridized carbons (Fsp3) is 0.